The smallest absolute Gasteiger partial charge is 0.303 e. The van der Waals surface area contributed by atoms with Crippen LogP contribution in [0.1, 0.15) is 50.7 Å². The molecule has 1 aliphatic rings. The van der Waals surface area contributed by atoms with Gasteiger partial charge in [-0.25, -0.2) is 0 Å². The molecule has 5 heteroatoms. The zero-order chi connectivity index (χ0) is 23.9. The maximum atomic E-state index is 11.2. The highest BCUT2D eigenvalue weighted by Crippen LogP contribution is 2.43. The van der Waals surface area contributed by atoms with Crippen LogP contribution < -0.4 is 9.47 Å². The lowest BCUT2D eigenvalue weighted by Crippen LogP contribution is -2.29. The van der Waals surface area contributed by atoms with Gasteiger partial charge in [0.25, 0.3) is 0 Å². The minimum absolute atomic E-state index is 0.114. The zero-order valence-corrected chi connectivity index (χ0v) is 20.3. The summed E-state index contributed by atoms with van der Waals surface area (Å²) in [6, 6.07) is 16.7. The van der Waals surface area contributed by atoms with Gasteiger partial charge >= 0.3 is 5.97 Å². The molecule has 0 saturated carbocycles. The number of aryl methyl sites for hydroxylation is 1. The minimum atomic E-state index is -0.783. The van der Waals surface area contributed by atoms with E-state index in [-0.39, 0.29) is 6.42 Å². The lowest BCUT2D eigenvalue weighted by molar-refractivity contribution is -0.136. The van der Waals surface area contributed by atoms with Crippen molar-refractivity contribution in [1.29, 1.82) is 0 Å². The van der Waals surface area contributed by atoms with Gasteiger partial charge in [0.2, 0.25) is 0 Å². The molecule has 3 aromatic carbocycles. The maximum Gasteiger partial charge on any atom is 0.303 e. The summed E-state index contributed by atoms with van der Waals surface area (Å²) in [6.45, 7) is 8.33. The van der Waals surface area contributed by atoms with Crippen LogP contribution in [0, 0.1) is 0 Å². The number of benzene rings is 3. The Bertz CT molecular complexity index is 1110. The maximum absolute atomic E-state index is 11.2. The third-order valence-electron chi connectivity index (χ3n) is 6.47. The molecule has 1 fully saturated rings. The van der Waals surface area contributed by atoms with Gasteiger partial charge in [-0.3, -0.25) is 9.69 Å². The fraction of sp³-hybridized carbons (Fsp3) is 0.414. The highest BCUT2D eigenvalue weighted by Gasteiger charge is 2.20. The summed E-state index contributed by atoms with van der Waals surface area (Å²) in [5, 5.41) is 11.3. The molecule has 4 rings (SSSR count). The third kappa shape index (κ3) is 5.53. The van der Waals surface area contributed by atoms with E-state index in [1.165, 1.54) is 24.8 Å². The fourth-order valence-electron chi connectivity index (χ4n) is 4.97. The summed E-state index contributed by atoms with van der Waals surface area (Å²) in [5.74, 6) is 0.891. The molecule has 0 radical (unpaired) electrons. The monoisotopic (exact) mass is 461 g/mol. The van der Waals surface area contributed by atoms with Gasteiger partial charge in [0.15, 0.2) is 0 Å². The first kappa shape index (κ1) is 24.1. The molecular formula is C29H35NO4. The number of rotatable bonds is 10. The van der Waals surface area contributed by atoms with Gasteiger partial charge in [0.1, 0.15) is 11.5 Å². The topological polar surface area (TPSA) is 59.0 Å². The highest BCUT2D eigenvalue weighted by atomic mass is 16.5. The Morgan fingerprint density at radius 1 is 0.912 bits per heavy atom. The summed E-state index contributed by atoms with van der Waals surface area (Å²) in [6.07, 6.45) is 4.45. The molecule has 1 saturated heterocycles. The first-order chi connectivity index (χ1) is 16.6. The Hall–Kier alpha value is -3.05. The van der Waals surface area contributed by atoms with E-state index in [0.29, 0.717) is 19.6 Å². The van der Waals surface area contributed by atoms with Crippen LogP contribution in [0.5, 0.6) is 11.5 Å². The number of fused-ring (bicyclic) bond motifs is 1. The summed E-state index contributed by atoms with van der Waals surface area (Å²) >= 11 is 0. The van der Waals surface area contributed by atoms with E-state index in [9.17, 15) is 9.90 Å². The Kier molecular flexibility index (Phi) is 8.07. The van der Waals surface area contributed by atoms with E-state index in [0.717, 1.165) is 58.6 Å². The third-order valence-corrected chi connectivity index (χ3v) is 6.47. The molecule has 0 unspecified atom stereocenters. The predicted molar refractivity (Wildman–Crippen MR) is 137 cm³/mol. The SMILES string of the molecule is CCOc1cc(CN2CCCCC2)cc(OCC)c1-c1cccc2c(CCC(=O)O)cccc12. The molecule has 1 heterocycles. The Morgan fingerprint density at radius 2 is 1.56 bits per heavy atom. The predicted octanol–water partition coefficient (Wildman–Crippen LogP) is 6.31. The first-order valence-electron chi connectivity index (χ1n) is 12.5. The van der Waals surface area contributed by atoms with Crippen LogP contribution in [0.2, 0.25) is 0 Å². The molecule has 5 nitrogen and oxygen atoms in total. The summed E-state index contributed by atoms with van der Waals surface area (Å²) < 4.78 is 12.4. The lowest BCUT2D eigenvalue weighted by Gasteiger charge is -2.27. The number of ether oxygens (including phenoxy) is 2. The number of carbonyl (C=O) groups is 1. The number of aliphatic carboxylic acids is 1. The van der Waals surface area contributed by atoms with Crippen LogP contribution in [0.3, 0.4) is 0 Å². The Labute approximate surface area is 202 Å². The molecule has 0 spiro atoms. The van der Waals surface area contributed by atoms with Crippen LogP contribution in [-0.2, 0) is 17.8 Å². The number of piperidine rings is 1. The fourth-order valence-corrected chi connectivity index (χ4v) is 4.97. The average molecular weight is 462 g/mol. The number of hydrogen-bond donors (Lipinski definition) is 1. The van der Waals surface area contributed by atoms with Crippen molar-refractivity contribution in [1.82, 2.24) is 4.90 Å². The second kappa shape index (κ2) is 11.4. The molecular weight excluding hydrogens is 426 g/mol. The minimum Gasteiger partial charge on any atom is -0.493 e. The first-order valence-corrected chi connectivity index (χ1v) is 12.5. The van der Waals surface area contributed by atoms with Crippen molar-refractivity contribution in [3.63, 3.8) is 0 Å². The van der Waals surface area contributed by atoms with E-state index < -0.39 is 5.97 Å². The second-order valence-corrected chi connectivity index (χ2v) is 8.88. The van der Waals surface area contributed by atoms with Crippen LogP contribution >= 0.6 is 0 Å². The molecule has 1 N–H and O–H groups in total. The van der Waals surface area contributed by atoms with Gasteiger partial charge in [0.05, 0.1) is 18.8 Å². The van der Waals surface area contributed by atoms with E-state index in [1.807, 2.05) is 32.0 Å². The second-order valence-electron chi connectivity index (χ2n) is 8.88. The van der Waals surface area contributed by atoms with Gasteiger partial charge in [-0.05, 0) is 85.8 Å². The zero-order valence-electron chi connectivity index (χ0n) is 20.3. The van der Waals surface area contributed by atoms with Crippen molar-refractivity contribution < 1.29 is 19.4 Å². The van der Waals surface area contributed by atoms with Crippen LogP contribution in [-0.4, -0.2) is 42.3 Å². The van der Waals surface area contributed by atoms with Crippen molar-refractivity contribution in [2.45, 2.75) is 52.5 Å². The largest absolute Gasteiger partial charge is 0.493 e. The van der Waals surface area contributed by atoms with E-state index in [4.69, 9.17) is 9.47 Å². The van der Waals surface area contributed by atoms with Gasteiger partial charge in [-0.15, -0.1) is 0 Å². The quantitative estimate of drug-likeness (QED) is 0.383. The van der Waals surface area contributed by atoms with Crippen molar-refractivity contribution in [2.24, 2.45) is 0 Å². The van der Waals surface area contributed by atoms with Crippen LogP contribution in [0.4, 0.5) is 0 Å². The molecule has 0 aliphatic carbocycles. The molecule has 0 aromatic heterocycles. The van der Waals surface area contributed by atoms with E-state index >= 15 is 0 Å². The van der Waals surface area contributed by atoms with Crippen molar-refractivity contribution in [3.8, 4) is 22.6 Å². The van der Waals surface area contributed by atoms with Gasteiger partial charge in [-0.1, -0.05) is 42.8 Å². The van der Waals surface area contributed by atoms with E-state index in [1.54, 1.807) is 0 Å². The number of carboxylic acids is 1. The molecule has 0 atom stereocenters. The average Bonchev–Trinajstić information content (AvgIpc) is 2.83. The van der Waals surface area contributed by atoms with Crippen LogP contribution in [0.15, 0.2) is 48.5 Å². The summed E-state index contributed by atoms with van der Waals surface area (Å²) in [7, 11) is 0. The van der Waals surface area contributed by atoms with Gasteiger partial charge < -0.3 is 14.6 Å². The highest BCUT2D eigenvalue weighted by molar-refractivity contribution is 6.01. The molecule has 0 bridgehead atoms. The molecule has 0 amide bonds. The molecule has 1 aliphatic heterocycles. The number of hydrogen-bond acceptors (Lipinski definition) is 4. The molecule has 3 aromatic rings. The number of nitrogens with zero attached hydrogens (tertiary/aromatic N) is 1. The van der Waals surface area contributed by atoms with Crippen LogP contribution in [0.25, 0.3) is 21.9 Å². The Morgan fingerprint density at radius 3 is 2.21 bits per heavy atom. The molecule has 34 heavy (non-hydrogen) atoms. The van der Waals surface area contributed by atoms with Gasteiger partial charge in [-0.2, -0.15) is 0 Å². The van der Waals surface area contributed by atoms with Crippen molar-refractivity contribution in [2.75, 3.05) is 26.3 Å². The Balaban J connectivity index is 1.82. The van der Waals surface area contributed by atoms with E-state index in [2.05, 4.69) is 35.2 Å². The van der Waals surface area contributed by atoms with Gasteiger partial charge in [0, 0.05) is 13.0 Å². The number of likely N-dealkylation sites (tertiary alicyclic amines) is 1. The standard InChI is InChI=1S/C29H35NO4/c1-3-33-26-18-21(20-30-16-6-5-7-17-30)19-27(34-4-2)29(26)25-13-9-11-23-22(14-15-28(31)32)10-8-12-24(23)25/h8-13,18-19H,3-7,14-17,20H2,1-2H3,(H,31,32). The lowest BCUT2D eigenvalue weighted by atomic mass is 9.92. The summed E-state index contributed by atoms with van der Waals surface area (Å²) in [4.78, 5) is 13.7. The van der Waals surface area contributed by atoms with Crippen molar-refractivity contribution in [3.05, 3.63) is 59.7 Å². The molecule has 180 valence electrons. The summed E-state index contributed by atoms with van der Waals surface area (Å²) in [5.41, 5.74) is 4.26. The normalized spacial score (nSPS) is 14.3. The number of carboxylic acid groups (broad SMARTS) is 1. The van der Waals surface area contributed by atoms with Crippen molar-refractivity contribution >= 4 is 16.7 Å².